The molecular weight excluding hydrogens is 449 g/mol. The number of carbonyl (C=O) groups excluding carboxylic acids is 2. The highest BCUT2D eigenvalue weighted by atomic mass is 19.1. The van der Waals surface area contributed by atoms with E-state index in [-0.39, 0.29) is 48.4 Å². The first-order valence-electron chi connectivity index (χ1n) is 10.8. The maximum atomic E-state index is 13.9. The molecule has 1 aromatic heterocycles. The first-order valence-corrected chi connectivity index (χ1v) is 10.8. The van der Waals surface area contributed by atoms with Gasteiger partial charge in [-0.25, -0.2) is 18.2 Å². The number of aryl methyl sites for hydroxylation is 1. The van der Waals surface area contributed by atoms with Crippen LogP contribution < -0.4 is 5.32 Å². The number of benzene rings is 2. The molecule has 0 aliphatic carbocycles. The monoisotopic (exact) mass is 472 g/mol. The number of amides is 2. The summed E-state index contributed by atoms with van der Waals surface area (Å²) >= 11 is 0. The van der Waals surface area contributed by atoms with Crippen LogP contribution in [0, 0.1) is 17.5 Å². The van der Waals surface area contributed by atoms with E-state index in [1.807, 2.05) is 4.90 Å². The third-order valence-electron chi connectivity index (χ3n) is 5.52. The molecule has 0 saturated carbocycles. The summed E-state index contributed by atoms with van der Waals surface area (Å²) in [5.41, 5.74) is 0.108. The highest BCUT2D eigenvalue weighted by molar-refractivity contribution is 5.92. The van der Waals surface area contributed by atoms with E-state index < -0.39 is 17.5 Å². The summed E-state index contributed by atoms with van der Waals surface area (Å²) < 4.78 is 46.5. The van der Waals surface area contributed by atoms with Crippen LogP contribution in [-0.4, -0.2) is 59.3 Å². The molecule has 4 rings (SSSR count). The van der Waals surface area contributed by atoms with Crippen molar-refractivity contribution >= 4 is 17.5 Å². The zero-order valence-corrected chi connectivity index (χ0v) is 18.3. The first kappa shape index (κ1) is 23.5. The standard InChI is InChI=1S/C24H23F3N4O3/c25-16-3-1-4-17(13-16)29-21(32)15-30-9-11-31(12-10-30)23(33)8-7-22-28-14-20(34-22)24-18(26)5-2-6-19(24)27/h1-6,13-14H,7-12,15H2,(H,29,32). The van der Waals surface area contributed by atoms with Crippen LogP contribution in [0.3, 0.4) is 0 Å². The largest absolute Gasteiger partial charge is 0.441 e. The van der Waals surface area contributed by atoms with Crippen LogP contribution in [-0.2, 0) is 16.0 Å². The van der Waals surface area contributed by atoms with Gasteiger partial charge in [0.1, 0.15) is 17.5 Å². The van der Waals surface area contributed by atoms with Crippen LogP contribution >= 0.6 is 0 Å². The summed E-state index contributed by atoms with van der Waals surface area (Å²) in [4.78, 5) is 32.4. The fourth-order valence-electron chi connectivity index (χ4n) is 3.77. The van der Waals surface area contributed by atoms with E-state index in [2.05, 4.69) is 10.3 Å². The number of nitrogens with one attached hydrogen (secondary N) is 1. The van der Waals surface area contributed by atoms with Gasteiger partial charge in [0.25, 0.3) is 0 Å². The van der Waals surface area contributed by atoms with Crippen LogP contribution in [0.2, 0.25) is 0 Å². The van der Waals surface area contributed by atoms with Gasteiger partial charge in [0, 0.05) is 44.7 Å². The highest BCUT2D eigenvalue weighted by Gasteiger charge is 2.23. The molecule has 1 N–H and O–H groups in total. The zero-order valence-electron chi connectivity index (χ0n) is 18.3. The Bertz CT molecular complexity index is 1160. The second kappa shape index (κ2) is 10.5. The SMILES string of the molecule is O=C(CN1CCN(C(=O)CCc2ncc(-c3c(F)cccc3F)o2)CC1)Nc1cccc(F)c1. The average Bonchev–Trinajstić information content (AvgIpc) is 3.26. The number of aromatic nitrogens is 1. The predicted octanol–water partition coefficient (Wildman–Crippen LogP) is 3.47. The fraction of sp³-hybridized carbons (Fsp3) is 0.292. The van der Waals surface area contributed by atoms with E-state index in [4.69, 9.17) is 4.42 Å². The Balaban J connectivity index is 1.22. The number of hydrogen-bond donors (Lipinski definition) is 1. The van der Waals surface area contributed by atoms with Gasteiger partial charge in [0.05, 0.1) is 18.3 Å². The molecule has 1 saturated heterocycles. The molecule has 1 aliphatic heterocycles. The van der Waals surface area contributed by atoms with Gasteiger partial charge in [0.15, 0.2) is 11.7 Å². The molecule has 0 bridgehead atoms. The molecular formula is C24H23F3N4O3. The number of anilines is 1. The summed E-state index contributed by atoms with van der Waals surface area (Å²) in [6.45, 7) is 2.12. The van der Waals surface area contributed by atoms with Crippen molar-refractivity contribution in [2.75, 3.05) is 38.0 Å². The molecule has 0 radical (unpaired) electrons. The van der Waals surface area contributed by atoms with Gasteiger partial charge in [-0.2, -0.15) is 0 Å². The zero-order chi connectivity index (χ0) is 24.1. The number of carbonyl (C=O) groups is 2. The van der Waals surface area contributed by atoms with Crippen molar-refractivity contribution in [3.63, 3.8) is 0 Å². The quantitative estimate of drug-likeness (QED) is 0.570. The Kier molecular flexibility index (Phi) is 7.27. The van der Waals surface area contributed by atoms with E-state index in [0.717, 1.165) is 12.1 Å². The molecule has 0 atom stereocenters. The van der Waals surface area contributed by atoms with Crippen LogP contribution in [0.5, 0.6) is 0 Å². The van der Waals surface area contributed by atoms with Crippen molar-refractivity contribution in [3.8, 4) is 11.3 Å². The molecule has 178 valence electrons. The lowest BCUT2D eigenvalue weighted by atomic mass is 10.1. The Hall–Kier alpha value is -3.66. The molecule has 10 heteroatoms. The predicted molar refractivity (Wildman–Crippen MR) is 118 cm³/mol. The van der Waals surface area contributed by atoms with Gasteiger partial charge < -0.3 is 14.6 Å². The van der Waals surface area contributed by atoms with Gasteiger partial charge in [-0.15, -0.1) is 0 Å². The molecule has 0 spiro atoms. The maximum absolute atomic E-state index is 13.9. The normalized spacial score (nSPS) is 14.3. The average molecular weight is 472 g/mol. The van der Waals surface area contributed by atoms with Crippen molar-refractivity contribution in [3.05, 3.63) is 72.0 Å². The summed E-state index contributed by atoms with van der Waals surface area (Å²) in [5, 5.41) is 2.66. The molecule has 0 unspecified atom stereocenters. The number of halogens is 3. The van der Waals surface area contributed by atoms with Crippen molar-refractivity contribution in [1.82, 2.24) is 14.8 Å². The van der Waals surface area contributed by atoms with Gasteiger partial charge in [-0.05, 0) is 30.3 Å². The summed E-state index contributed by atoms with van der Waals surface area (Å²) in [6.07, 6.45) is 1.58. The number of oxazole rings is 1. The van der Waals surface area contributed by atoms with Crippen molar-refractivity contribution < 1.29 is 27.2 Å². The summed E-state index contributed by atoms with van der Waals surface area (Å²) in [6, 6.07) is 9.21. The van der Waals surface area contributed by atoms with E-state index in [1.165, 1.54) is 30.5 Å². The lowest BCUT2D eigenvalue weighted by Crippen LogP contribution is -2.50. The number of hydrogen-bond acceptors (Lipinski definition) is 5. The summed E-state index contributed by atoms with van der Waals surface area (Å²) in [5.74, 6) is -2.08. The smallest absolute Gasteiger partial charge is 0.238 e. The van der Waals surface area contributed by atoms with Crippen molar-refractivity contribution in [2.45, 2.75) is 12.8 Å². The number of piperazine rings is 1. The Morgan fingerprint density at radius 3 is 2.41 bits per heavy atom. The van der Waals surface area contributed by atoms with Crippen molar-refractivity contribution in [1.29, 1.82) is 0 Å². The third kappa shape index (κ3) is 5.82. The second-order valence-corrected chi connectivity index (χ2v) is 7.93. The molecule has 34 heavy (non-hydrogen) atoms. The van der Waals surface area contributed by atoms with Crippen LogP contribution in [0.25, 0.3) is 11.3 Å². The van der Waals surface area contributed by atoms with Gasteiger partial charge in [-0.1, -0.05) is 12.1 Å². The molecule has 3 aromatic rings. The molecule has 7 nitrogen and oxygen atoms in total. The Morgan fingerprint density at radius 1 is 1.00 bits per heavy atom. The lowest BCUT2D eigenvalue weighted by Gasteiger charge is -2.34. The van der Waals surface area contributed by atoms with Crippen LogP contribution in [0.15, 0.2) is 53.1 Å². The van der Waals surface area contributed by atoms with E-state index in [1.54, 1.807) is 11.0 Å². The minimum absolute atomic E-state index is 0.0248. The molecule has 1 fully saturated rings. The minimum Gasteiger partial charge on any atom is -0.441 e. The Labute approximate surface area is 194 Å². The molecule has 1 aliphatic rings. The highest BCUT2D eigenvalue weighted by Crippen LogP contribution is 2.26. The third-order valence-corrected chi connectivity index (χ3v) is 5.52. The molecule has 2 heterocycles. The topological polar surface area (TPSA) is 78.7 Å². The number of rotatable bonds is 7. The lowest BCUT2D eigenvalue weighted by molar-refractivity contribution is -0.133. The van der Waals surface area contributed by atoms with Gasteiger partial charge in [-0.3, -0.25) is 14.5 Å². The van der Waals surface area contributed by atoms with E-state index >= 15 is 0 Å². The van der Waals surface area contributed by atoms with Crippen LogP contribution in [0.4, 0.5) is 18.9 Å². The minimum atomic E-state index is -0.749. The second-order valence-electron chi connectivity index (χ2n) is 7.93. The van der Waals surface area contributed by atoms with Crippen LogP contribution in [0.1, 0.15) is 12.3 Å². The van der Waals surface area contributed by atoms with Crippen molar-refractivity contribution in [2.24, 2.45) is 0 Å². The molecule has 2 amide bonds. The summed E-state index contributed by atoms with van der Waals surface area (Å²) in [7, 11) is 0. The fourth-order valence-corrected chi connectivity index (χ4v) is 3.77. The van der Waals surface area contributed by atoms with E-state index in [9.17, 15) is 22.8 Å². The van der Waals surface area contributed by atoms with E-state index in [0.29, 0.717) is 31.9 Å². The van der Waals surface area contributed by atoms with Gasteiger partial charge >= 0.3 is 0 Å². The maximum Gasteiger partial charge on any atom is 0.238 e. The Morgan fingerprint density at radius 2 is 1.71 bits per heavy atom. The number of nitrogens with zero attached hydrogens (tertiary/aromatic N) is 3. The first-order chi connectivity index (χ1) is 16.4. The van der Waals surface area contributed by atoms with Gasteiger partial charge in [0.2, 0.25) is 11.8 Å². The molecule has 2 aromatic carbocycles.